The summed E-state index contributed by atoms with van der Waals surface area (Å²) in [5.41, 5.74) is 0.332. The summed E-state index contributed by atoms with van der Waals surface area (Å²) in [6.07, 6.45) is 13.0. The van der Waals surface area contributed by atoms with Gasteiger partial charge in [-0.2, -0.15) is 0 Å². The molecule has 4 fully saturated rings. The number of halogens is 1. The van der Waals surface area contributed by atoms with Gasteiger partial charge in [-0.15, -0.1) is 0 Å². The highest BCUT2D eigenvalue weighted by molar-refractivity contribution is 7.91. The lowest BCUT2D eigenvalue weighted by Gasteiger charge is -2.48. The van der Waals surface area contributed by atoms with Gasteiger partial charge >= 0.3 is 6.09 Å². The highest BCUT2D eigenvalue weighted by Gasteiger charge is 2.59. The van der Waals surface area contributed by atoms with E-state index in [0.717, 1.165) is 60.7 Å². The first-order valence-electron chi connectivity index (χ1n) is 20.7. The van der Waals surface area contributed by atoms with E-state index >= 15 is 0 Å². The second-order valence-electron chi connectivity index (χ2n) is 18.1. The molecule has 4 heterocycles. The summed E-state index contributed by atoms with van der Waals surface area (Å²) in [5.74, 6) is -0.668. The van der Waals surface area contributed by atoms with Gasteiger partial charge in [0.15, 0.2) is 0 Å². The molecule has 3 aliphatic carbocycles. The molecular weight excluding hydrogens is 738 g/mol. The van der Waals surface area contributed by atoms with E-state index in [4.69, 9.17) is 14.5 Å². The number of ether oxygens (including phenoxy) is 2. The first kappa shape index (κ1) is 39.1. The molecule has 56 heavy (non-hydrogen) atoms. The predicted octanol–water partition coefficient (Wildman–Crippen LogP) is 5.92. The fourth-order valence-electron chi connectivity index (χ4n) is 9.12. The number of pyridine rings is 1. The number of nitrogens with one attached hydrogen (secondary N) is 3. The molecule has 12 nitrogen and oxygen atoms in total. The Hall–Kier alpha value is -3.78. The topological polar surface area (TPSA) is 156 Å². The number of amides is 3. The fraction of sp³-hybridized carbons (Fsp3) is 0.667. The van der Waals surface area contributed by atoms with Crippen LogP contribution < -0.4 is 20.1 Å². The summed E-state index contributed by atoms with van der Waals surface area (Å²) >= 11 is 0. The maximum atomic E-state index is 14.9. The molecule has 2 aromatic rings. The lowest BCUT2D eigenvalue weighted by molar-refractivity contribution is -0.140. The number of benzene rings is 1. The molecule has 5 atom stereocenters. The van der Waals surface area contributed by atoms with Crippen LogP contribution in [0, 0.1) is 17.7 Å². The third kappa shape index (κ3) is 7.64. The smallest absolute Gasteiger partial charge is 0.407 e. The van der Waals surface area contributed by atoms with Gasteiger partial charge in [0.05, 0.1) is 28.6 Å². The molecule has 0 radical (unpaired) electrons. The average molecular weight is 794 g/mol. The lowest BCUT2D eigenvalue weighted by Crippen LogP contribution is -2.70. The summed E-state index contributed by atoms with van der Waals surface area (Å²) in [6, 6.07) is 3.61. The Morgan fingerprint density at radius 1 is 1.11 bits per heavy atom. The van der Waals surface area contributed by atoms with E-state index in [1.807, 2.05) is 26.0 Å². The van der Waals surface area contributed by atoms with Crippen molar-refractivity contribution < 1.29 is 36.7 Å². The van der Waals surface area contributed by atoms with Crippen molar-refractivity contribution in [2.45, 2.75) is 145 Å². The summed E-state index contributed by atoms with van der Waals surface area (Å²) in [6.45, 7) is 6.60. The predicted molar refractivity (Wildman–Crippen MR) is 209 cm³/mol. The van der Waals surface area contributed by atoms with Gasteiger partial charge in [-0.25, -0.2) is 22.6 Å². The van der Waals surface area contributed by atoms with Crippen LogP contribution >= 0.6 is 0 Å². The highest BCUT2D eigenvalue weighted by atomic mass is 32.2. The number of carbonyl (C=O) groups excluding carboxylic acids is 3. The van der Waals surface area contributed by atoms with Crippen LogP contribution in [0.5, 0.6) is 5.75 Å². The summed E-state index contributed by atoms with van der Waals surface area (Å²) < 4.78 is 55.3. The average Bonchev–Trinajstić information content (AvgIpc) is 4.08. The standard InChI is InChI=1S/C42H56FN5O7S/c1-26(2)24-54-39(51)44-30-10-8-6-4-5-7-9-28-15-18-42(28,38(50)47-56(52,53)40(3)19-20-40)46-37(49)34-22-41(25-48(34)23-30)17-16-31-32-21-29(43)13-14-33(32)45-35(27-11-12-27)36(31)55-41/h7,9,13-14,21,26-28,30,34H,4-6,8,10-12,15-20,22-25H2,1-3H3,(H,44,51)(H,46,49)(H,47,50). The monoisotopic (exact) mass is 793 g/mol. The van der Waals surface area contributed by atoms with E-state index in [9.17, 15) is 27.2 Å². The van der Waals surface area contributed by atoms with Crippen LogP contribution in [-0.2, 0) is 30.8 Å². The van der Waals surface area contributed by atoms with Crippen LogP contribution in [-0.4, -0.2) is 83.9 Å². The molecule has 6 aliphatic rings. The molecule has 1 spiro atoms. The number of allylic oxidation sites excluding steroid dienone is 1. The number of hydrogen-bond donors (Lipinski definition) is 3. The SMILES string of the molecule is CC(C)COC(=O)NC1CCCCCC=CC2CCC2(C(=O)NS(=O)(=O)C2(C)CC2)NC(=O)C2CC3(CCc4c(c(C5CC5)nc5ccc(F)cc45)O3)CN2C1. The van der Waals surface area contributed by atoms with Crippen LogP contribution in [0.4, 0.5) is 9.18 Å². The maximum Gasteiger partial charge on any atom is 0.407 e. The van der Waals surface area contributed by atoms with E-state index in [1.54, 1.807) is 13.0 Å². The first-order chi connectivity index (χ1) is 26.7. The van der Waals surface area contributed by atoms with Crippen LogP contribution in [0.2, 0.25) is 0 Å². The Balaban J connectivity index is 1.13. The minimum atomic E-state index is -3.95. The van der Waals surface area contributed by atoms with E-state index in [-0.39, 0.29) is 42.1 Å². The molecule has 1 aromatic carbocycles. The molecule has 14 heteroatoms. The zero-order valence-corrected chi connectivity index (χ0v) is 33.6. The van der Waals surface area contributed by atoms with Crippen LogP contribution in [0.1, 0.15) is 121 Å². The van der Waals surface area contributed by atoms with Crippen molar-refractivity contribution >= 4 is 38.8 Å². The second kappa shape index (κ2) is 14.9. The lowest BCUT2D eigenvalue weighted by atomic mass is 9.65. The maximum absolute atomic E-state index is 14.9. The molecule has 0 bridgehead atoms. The van der Waals surface area contributed by atoms with Crippen LogP contribution in [0.3, 0.4) is 0 Å². The molecule has 5 unspecified atom stereocenters. The van der Waals surface area contributed by atoms with Crippen molar-refractivity contribution in [3.63, 3.8) is 0 Å². The van der Waals surface area contributed by atoms with E-state index < -0.39 is 44.0 Å². The van der Waals surface area contributed by atoms with Gasteiger partial charge in [0.1, 0.15) is 22.7 Å². The normalized spacial score (nSPS) is 30.4. The molecule has 3 aliphatic heterocycles. The number of carbonyl (C=O) groups is 3. The Bertz CT molecular complexity index is 2030. The van der Waals surface area contributed by atoms with Gasteiger partial charge in [0, 0.05) is 48.3 Å². The second-order valence-corrected chi connectivity index (χ2v) is 20.3. The summed E-state index contributed by atoms with van der Waals surface area (Å²) in [5, 5.41) is 6.96. The van der Waals surface area contributed by atoms with Crippen molar-refractivity contribution in [2.24, 2.45) is 11.8 Å². The van der Waals surface area contributed by atoms with Gasteiger partial charge in [-0.3, -0.25) is 19.2 Å². The third-order valence-electron chi connectivity index (χ3n) is 13.1. The van der Waals surface area contributed by atoms with Gasteiger partial charge in [0.2, 0.25) is 15.9 Å². The number of nitrogens with zero attached hydrogens (tertiary/aromatic N) is 2. The Morgan fingerprint density at radius 3 is 2.62 bits per heavy atom. The van der Waals surface area contributed by atoms with E-state index in [0.29, 0.717) is 70.2 Å². The zero-order valence-electron chi connectivity index (χ0n) is 32.8. The first-order valence-corrected chi connectivity index (χ1v) is 22.2. The van der Waals surface area contributed by atoms with Crippen molar-refractivity contribution in [3.05, 3.63) is 47.4 Å². The van der Waals surface area contributed by atoms with E-state index in [1.165, 1.54) is 12.1 Å². The van der Waals surface area contributed by atoms with Crippen molar-refractivity contribution in [1.29, 1.82) is 0 Å². The molecule has 3 saturated carbocycles. The van der Waals surface area contributed by atoms with Gasteiger partial charge in [0.25, 0.3) is 5.91 Å². The summed E-state index contributed by atoms with van der Waals surface area (Å²) in [7, 11) is -3.95. The quantitative estimate of drug-likeness (QED) is 0.290. The molecule has 304 valence electrons. The zero-order chi connectivity index (χ0) is 39.5. The molecule has 3 N–H and O–H groups in total. The molecular formula is C42H56FN5O7S. The van der Waals surface area contributed by atoms with Crippen LogP contribution in [0.15, 0.2) is 30.4 Å². The molecule has 1 aromatic heterocycles. The van der Waals surface area contributed by atoms with Crippen molar-refractivity contribution in [3.8, 4) is 5.75 Å². The number of hydrogen-bond acceptors (Lipinski definition) is 9. The molecule has 3 amide bonds. The number of rotatable bonds is 7. The minimum Gasteiger partial charge on any atom is -0.484 e. The largest absolute Gasteiger partial charge is 0.484 e. The number of fused-ring (bicyclic) bond motifs is 5. The third-order valence-corrected chi connectivity index (χ3v) is 15.3. The Labute approximate surface area is 329 Å². The number of sulfonamides is 1. The van der Waals surface area contributed by atoms with E-state index in [2.05, 4.69) is 20.3 Å². The molecule has 1 saturated heterocycles. The number of alkyl carbamates (subject to hydrolysis) is 1. The van der Waals surface area contributed by atoms with Crippen molar-refractivity contribution in [2.75, 3.05) is 19.7 Å². The van der Waals surface area contributed by atoms with Gasteiger partial charge < -0.3 is 20.1 Å². The Morgan fingerprint density at radius 2 is 1.91 bits per heavy atom. The number of aryl methyl sites for hydroxylation is 1. The van der Waals surface area contributed by atoms with Crippen molar-refractivity contribution in [1.82, 2.24) is 25.2 Å². The highest BCUT2D eigenvalue weighted by Crippen LogP contribution is 2.51. The van der Waals surface area contributed by atoms with Crippen LogP contribution in [0.25, 0.3) is 10.9 Å². The Kier molecular flexibility index (Phi) is 10.4. The summed E-state index contributed by atoms with van der Waals surface area (Å²) in [4.78, 5) is 49.2. The number of aromatic nitrogens is 1. The van der Waals surface area contributed by atoms with Gasteiger partial charge in [-0.05, 0) is 102 Å². The molecule has 8 rings (SSSR count). The fourth-order valence-corrected chi connectivity index (χ4v) is 10.4. The van der Waals surface area contributed by atoms with Gasteiger partial charge in [-0.1, -0.05) is 38.8 Å². The minimum absolute atomic E-state index is 0.171.